The highest BCUT2D eigenvalue weighted by Crippen LogP contribution is 2.33. The minimum atomic E-state index is 0.130. The lowest BCUT2D eigenvalue weighted by Crippen LogP contribution is -2.19. The van der Waals surface area contributed by atoms with Crippen LogP contribution >= 0.6 is 22.9 Å². The highest BCUT2D eigenvalue weighted by atomic mass is 35.5. The van der Waals surface area contributed by atoms with E-state index in [2.05, 4.69) is 5.32 Å². The molecule has 2 heterocycles. The first-order valence-electron chi connectivity index (χ1n) is 4.22. The molecular weight excluding hydrogens is 206 g/mol. The van der Waals surface area contributed by atoms with E-state index < -0.39 is 0 Å². The van der Waals surface area contributed by atoms with Gasteiger partial charge in [-0.3, -0.25) is 4.79 Å². The molecule has 1 aliphatic rings. The third kappa shape index (κ3) is 1.71. The maximum Gasteiger partial charge on any atom is 0.223 e. The summed E-state index contributed by atoms with van der Waals surface area (Å²) in [5, 5.41) is 2.95. The molecule has 1 amide bonds. The summed E-state index contributed by atoms with van der Waals surface area (Å²) >= 11 is 7.36. The van der Waals surface area contributed by atoms with E-state index in [1.807, 2.05) is 19.1 Å². The van der Waals surface area contributed by atoms with Crippen LogP contribution in [0.5, 0.6) is 0 Å². The Hall–Kier alpha value is -0.540. The molecule has 2 nitrogen and oxygen atoms in total. The fourth-order valence-corrected chi connectivity index (χ4v) is 2.66. The lowest BCUT2D eigenvalue weighted by molar-refractivity contribution is -0.122. The Labute approximate surface area is 85.9 Å². The van der Waals surface area contributed by atoms with Crippen LogP contribution in [0.15, 0.2) is 12.1 Å². The van der Waals surface area contributed by atoms with Gasteiger partial charge in [0, 0.05) is 10.8 Å². The largest absolute Gasteiger partial charge is 0.348 e. The number of amides is 1. The van der Waals surface area contributed by atoms with Crippen molar-refractivity contribution in [3.8, 4) is 0 Å². The first-order valence-corrected chi connectivity index (χ1v) is 5.42. The molecule has 0 spiro atoms. The van der Waals surface area contributed by atoms with E-state index in [1.165, 1.54) is 11.3 Å². The molecule has 1 aromatic heterocycles. The quantitative estimate of drug-likeness (QED) is 0.767. The highest BCUT2D eigenvalue weighted by molar-refractivity contribution is 7.16. The SMILES string of the molecule is CC1CC(c2ccc(Cl)s2)NC1=O. The Morgan fingerprint density at radius 3 is 2.85 bits per heavy atom. The predicted molar refractivity (Wildman–Crippen MR) is 54.0 cm³/mol. The van der Waals surface area contributed by atoms with Gasteiger partial charge in [0.1, 0.15) is 0 Å². The van der Waals surface area contributed by atoms with Gasteiger partial charge in [-0.1, -0.05) is 18.5 Å². The number of nitrogens with one attached hydrogen (secondary N) is 1. The minimum Gasteiger partial charge on any atom is -0.348 e. The first-order chi connectivity index (χ1) is 6.16. The number of hydrogen-bond donors (Lipinski definition) is 1. The molecule has 0 radical (unpaired) electrons. The predicted octanol–water partition coefficient (Wildman–Crippen LogP) is 2.60. The van der Waals surface area contributed by atoms with Gasteiger partial charge in [-0.15, -0.1) is 11.3 Å². The molecular formula is C9H10ClNOS. The average molecular weight is 216 g/mol. The Morgan fingerprint density at radius 2 is 2.38 bits per heavy atom. The molecule has 2 rings (SSSR count). The van der Waals surface area contributed by atoms with E-state index in [9.17, 15) is 4.79 Å². The van der Waals surface area contributed by atoms with Crippen molar-refractivity contribution in [1.29, 1.82) is 0 Å². The molecule has 1 N–H and O–H groups in total. The molecule has 0 aromatic carbocycles. The van der Waals surface area contributed by atoms with Crippen molar-refractivity contribution < 1.29 is 4.79 Å². The summed E-state index contributed by atoms with van der Waals surface area (Å²) in [4.78, 5) is 12.4. The monoisotopic (exact) mass is 215 g/mol. The summed E-state index contributed by atoms with van der Waals surface area (Å²) in [6.07, 6.45) is 0.885. The topological polar surface area (TPSA) is 29.1 Å². The maximum atomic E-state index is 11.2. The van der Waals surface area contributed by atoms with Crippen LogP contribution in [0.1, 0.15) is 24.3 Å². The van der Waals surface area contributed by atoms with Gasteiger partial charge < -0.3 is 5.32 Å². The van der Waals surface area contributed by atoms with Crippen LogP contribution in [0.4, 0.5) is 0 Å². The molecule has 0 aliphatic carbocycles. The molecule has 0 bridgehead atoms. The van der Waals surface area contributed by atoms with E-state index in [-0.39, 0.29) is 17.9 Å². The second kappa shape index (κ2) is 3.31. The van der Waals surface area contributed by atoms with Gasteiger partial charge in [0.15, 0.2) is 0 Å². The number of rotatable bonds is 1. The minimum absolute atomic E-state index is 0.130. The van der Waals surface area contributed by atoms with Crippen LogP contribution in [0.2, 0.25) is 4.34 Å². The zero-order valence-corrected chi connectivity index (χ0v) is 8.78. The summed E-state index contributed by atoms with van der Waals surface area (Å²) < 4.78 is 0.781. The second-order valence-electron chi connectivity index (χ2n) is 3.34. The number of thiophene rings is 1. The van der Waals surface area contributed by atoms with Crippen LogP contribution in [0.3, 0.4) is 0 Å². The molecule has 0 saturated carbocycles. The van der Waals surface area contributed by atoms with Crippen molar-refractivity contribution >= 4 is 28.8 Å². The van der Waals surface area contributed by atoms with Gasteiger partial charge in [0.05, 0.1) is 10.4 Å². The normalized spacial score (nSPS) is 27.7. The fourth-order valence-electron chi connectivity index (χ4n) is 1.54. The van der Waals surface area contributed by atoms with Crippen LogP contribution in [0.25, 0.3) is 0 Å². The van der Waals surface area contributed by atoms with E-state index in [1.54, 1.807) is 0 Å². The van der Waals surface area contributed by atoms with Gasteiger partial charge in [0.25, 0.3) is 0 Å². The van der Waals surface area contributed by atoms with Gasteiger partial charge in [-0.2, -0.15) is 0 Å². The zero-order valence-electron chi connectivity index (χ0n) is 7.21. The number of hydrogen-bond acceptors (Lipinski definition) is 2. The molecule has 2 atom stereocenters. The zero-order chi connectivity index (χ0) is 9.42. The van der Waals surface area contributed by atoms with E-state index in [4.69, 9.17) is 11.6 Å². The van der Waals surface area contributed by atoms with Gasteiger partial charge in [-0.05, 0) is 18.6 Å². The molecule has 4 heteroatoms. The van der Waals surface area contributed by atoms with Gasteiger partial charge in [0.2, 0.25) is 5.91 Å². The van der Waals surface area contributed by atoms with Gasteiger partial charge >= 0.3 is 0 Å². The highest BCUT2D eigenvalue weighted by Gasteiger charge is 2.29. The van der Waals surface area contributed by atoms with Gasteiger partial charge in [-0.25, -0.2) is 0 Å². The molecule has 1 fully saturated rings. The van der Waals surface area contributed by atoms with Crippen LogP contribution < -0.4 is 5.32 Å². The molecule has 1 saturated heterocycles. The van der Waals surface area contributed by atoms with E-state index in [0.29, 0.717) is 0 Å². The van der Waals surface area contributed by atoms with Crippen molar-refractivity contribution in [2.75, 3.05) is 0 Å². The lowest BCUT2D eigenvalue weighted by Gasteiger charge is -2.05. The smallest absolute Gasteiger partial charge is 0.223 e. The average Bonchev–Trinajstić information content (AvgIpc) is 2.61. The summed E-state index contributed by atoms with van der Waals surface area (Å²) in [6.45, 7) is 1.95. The molecule has 70 valence electrons. The summed E-state index contributed by atoms with van der Waals surface area (Å²) in [5.41, 5.74) is 0. The van der Waals surface area contributed by atoms with Crippen molar-refractivity contribution in [3.63, 3.8) is 0 Å². The first kappa shape index (κ1) is 9.03. The number of halogens is 1. The third-order valence-corrected chi connectivity index (χ3v) is 3.64. The van der Waals surface area contributed by atoms with Crippen molar-refractivity contribution in [2.24, 2.45) is 5.92 Å². The molecule has 1 aliphatic heterocycles. The Bertz CT molecular complexity index is 336. The Balaban J connectivity index is 2.16. The van der Waals surface area contributed by atoms with E-state index >= 15 is 0 Å². The molecule has 1 aromatic rings. The van der Waals surface area contributed by atoms with Crippen molar-refractivity contribution in [2.45, 2.75) is 19.4 Å². The Kier molecular flexibility index (Phi) is 2.30. The Morgan fingerprint density at radius 1 is 1.62 bits per heavy atom. The maximum absolute atomic E-state index is 11.2. The van der Waals surface area contributed by atoms with Crippen LogP contribution in [-0.4, -0.2) is 5.91 Å². The van der Waals surface area contributed by atoms with Crippen molar-refractivity contribution in [1.82, 2.24) is 5.32 Å². The number of carbonyl (C=O) groups is 1. The molecule has 2 unspecified atom stereocenters. The lowest BCUT2D eigenvalue weighted by atomic mass is 10.1. The summed E-state index contributed by atoms with van der Waals surface area (Å²) in [6, 6.07) is 4.03. The van der Waals surface area contributed by atoms with Crippen molar-refractivity contribution in [3.05, 3.63) is 21.3 Å². The third-order valence-electron chi connectivity index (χ3n) is 2.29. The summed E-state index contributed by atoms with van der Waals surface area (Å²) in [7, 11) is 0. The fraction of sp³-hybridized carbons (Fsp3) is 0.444. The number of carbonyl (C=O) groups excluding carboxylic acids is 1. The van der Waals surface area contributed by atoms with Crippen LogP contribution in [0, 0.1) is 5.92 Å². The second-order valence-corrected chi connectivity index (χ2v) is 5.09. The van der Waals surface area contributed by atoms with Crippen LogP contribution in [-0.2, 0) is 4.79 Å². The standard InChI is InChI=1S/C9H10ClNOS/c1-5-4-6(11-9(5)12)7-2-3-8(10)13-7/h2-3,5-6H,4H2,1H3,(H,11,12). The summed E-state index contributed by atoms with van der Waals surface area (Å²) in [5.74, 6) is 0.278. The molecule has 13 heavy (non-hydrogen) atoms. The van der Waals surface area contributed by atoms with E-state index in [0.717, 1.165) is 15.6 Å².